The Kier molecular flexibility index (Phi) is 20.7. The number of nitrogens with one attached hydrogen (secondary N) is 7. The smallest absolute Gasteiger partial charge is 0.251 e. The van der Waals surface area contributed by atoms with Crippen molar-refractivity contribution in [2.24, 2.45) is 10.8 Å². The van der Waals surface area contributed by atoms with Crippen LogP contribution in [0, 0.1) is 10.8 Å². The molecule has 7 rings (SSSR count). The Hall–Kier alpha value is -6.91. The van der Waals surface area contributed by atoms with Crippen LogP contribution in [0.15, 0.2) is 103 Å². The summed E-state index contributed by atoms with van der Waals surface area (Å²) < 4.78 is 0. The molecule has 0 aromatic heterocycles. The van der Waals surface area contributed by atoms with Gasteiger partial charge in [-0.05, 0) is 148 Å². The van der Waals surface area contributed by atoms with Gasteiger partial charge in [0.15, 0.2) is 0 Å². The molecule has 81 heavy (non-hydrogen) atoms. The summed E-state index contributed by atoms with van der Waals surface area (Å²) in [5.41, 5.74) is 6.43. The molecular formula is C65H89N9O7. The minimum atomic E-state index is -0.942. The van der Waals surface area contributed by atoms with Gasteiger partial charge in [-0.15, -0.1) is 0 Å². The maximum atomic E-state index is 14.9. The van der Waals surface area contributed by atoms with Gasteiger partial charge < -0.3 is 47.0 Å². The molecule has 2 heterocycles. The van der Waals surface area contributed by atoms with E-state index in [-0.39, 0.29) is 72.9 Å². The van der Waals surface area contributed by atoms with E-state index in [0.29, 0.717) is 31.2 Å². The van der Waals surface area contributed by atoms with E-state index in [1.165, 1.54) is 10.5 Å². The van der Waals surface area contributed by atoms with Crippen LogP contribution in [0.5, 0.6) is 0 Å². The molecule has 3 aromatic rings. The summed E-state index contributed by atoms with van der Waals surface area (Å²) in [4.78, 5) is 102. The summed E-state index contributed by atoms with van der Waals surface area (Å²) in [5.74, 6) is -2.18. The van der Waals surface area contributed by atoms with Gasteiger partial charge in [0.1, 0.15) is 24.2 Å². The second-order valence-corrected chi connectivity index (χ2v) is 25.0. The Bertz CT molecular complexity index is 2850. The maximum absolute atomic E-state index is 14.9. The lowest BCUT2D eigenvalue weighted by Gasteiger charge is -2.42. The lowest BCUT2D eigenvalue weighted by atomic mass is 9.83. The zero-order valence-corrected chi connectivity index (χ0v) is 49.5. The van der Waals surface area contributed by atoms with Crippen LogP contribution in [0.25, 0.3) is 0 Å². The number of carbonyl (C=O) groups is 7. The minimum Gasteiger partial charge on any atom is -0.351 e. The van der Waals surface area contributed by atoms with Gasteiger partial charge in [0.25, 0.3) is 5.91 Å². The Labute approximate surface area is 480 Å². The quantitative estimate of drug-likeness (QED) is 0.0774. The first-order valence-electron chi connectivity index (χ1n) is 29.2. The predicted molar refractivity (Wildman–Crippen MR) is 318 cm³/mol. The van der Waals surface area contributed by atoms with E-state index in [0.717, 1.165) is 71.9 Å². The highest BCUT2D eigenvalue weighted by atomic mass is 16.2. The van der Waals surface area contributed by atoms with Crippen LogP contribution < -0.4 is 37.2 Å². The van der Waals surface area contributed by atoms with Crippen molar-refractivity contribution >= 4 is 41.4 Å². The fourth-order valence-electron chi connectivity index (χ4n) is 11.4. The van der Waals surface area contributed by atoms with E-state index in [4.69, 9.17) is 0 Å². The third kappa shape index (κ3) is 16.0. The van der Waals surface area contributed by atoms with Crippen molar-refractivity contribution in [2.45, 2.75) is 187 Å². The first-order valence-corrected chi connectivity index (χ1v) is 29.2. The van der Waals surface area contributed by atoms with Gasteiger partial charge >= 0.3 is 0 Å². The van der Waals surface area contributed by atoms with Crippen LogP contribution in [0.1, 0.15) is 150 Å². The lowest BCUT2D eigenvalue weighted by molar-refractivity contribution is -0.147. The molecule has 2 aliphatic carbocycles. The van der Waals surface area contributed by atoms with Crippen molar-refractivity contribution in [1.29, 1.82) is 0 Å². The first-order chi connectivity index (χ1) is 38.4. The van der Waals surface area contributed by atoms with Crippen molar-refractivity contribution in [3.63, 3.8) is 0 Å². The van der Waals surface area contributed by atoms with Crippen LogP contribution in [0.4, 0.5) is 0 Å². The second-order valence-electron chi connectivity index (χ2n) is 25.0. The van der Waals surface area contributed by atoms with Crippen LogP contribution in [-0.2, 0) is 61.0 Å². The second kappa shape index (κ2) is 27.2. The molecule has 1 fully saturated rings. The fraction of sp³-hybridized carbons (Fsp3) is 0.523. The number of likely N-dealkylation sites (tertiary alicyclic amines) is 1. The van der Waals surface area contributed by atoms with E-state index in [9.17, 15) is 33.6 Å². The Morgan fingerprint density at radius 1 is 0.642 bits per heavy atom. The van der Waals surface area contributed by atoms with Crippen LogP contribution in [0.2, 0.25) is 0 Å². The largest absolute Gasteiger partial charge is 0.351 e. The number of hydrogen-bond donors (Lipinski definition) is 7. The van der Waals surface area contributed by atoms with E-state index in [1.807, 2.05) is 90.1 Å². The highest BCUT2D eigenvalue weighted by molar-refractivity contribution is 5.97. The number of rotatable bonds is 17. The van der Waals surface area contributed by atoms with Gasteiger partial charge in [-0.3, -0.25) is 33.6 Å². The normalized spacial score (nSPS) is 22.5. The Morgan fingerprint density at radius 2 is 1.25 bits per heavy atom. The summed E-state index contributed by atoms with van der Waals surface area (Å²) in [6, 6.07) is 16.4. The topological polar surface area (TPSA) is 210 Å². The molecule has 0 radical (unpaired) electrons. The molecule has 2 aliphatic heterocycles. The standard InChI is InChI=1S/C65H89N9O7/c1-40-19-13-12-14-23-49(24-17-20-40)68-60(78)54-37-50(39-74(54)63(81)56(65(7,8)9)72-58(76)42(3)67-11)69-59(77)46-32-29-43(30-33-46)27-28-44-31-34-47-36-53(61(79)70-52-26-18-22-45-21-15-16-25-51(45)52)73(38-48(47)35-44)62(80)55(64(4,5)6)71-57(75)41(2)66-10/h12-16,19,21,25,29-35,41-42,49-50,52-56,66-67H,1,17-18,20,22-24,26-28,36-39H2,2-11H3,(H,68,78)(H,69,77)(H,70,79)(H,71,75)(H,72,76)/b14-12-,19-13-/t41-,42-,49-,50-,52+,53-,54-,55+,56+/m0/s1. The lowest BCUT2D eigenvalue weighted by Crippen LogP contribution is -2.62. The average Bonchev–Trinajstić information content (AvgIpc) is 4.00. The van der Waals surface area contributed by atoms with Crippen molar-refractivity contribution in [3.8, 4) is 0 Å². The van der Waals surface area contributed by atoms with E-state index < -0.39 is 53.1 Å². The number of carbonyl (C=O) groups excluding carboxylic acids is 7. The first kappa shape index (κ1) is 61.7. The molecule has 7 amide bonds. The van der Waals surface area contributed by atoms with Gasteiger partial charge in [0.05, 0.1) is 18.1 Å². The Morgan fingerprint density at radius 3 is 1.90 bits per heavy atom. The highest BCUT2D eigenvalue weighted by Gasteiger charge is 2.47. The van der Waals surface area contributed by atoms with Crippen molar-refractivity contribution in [1.82, 2.24) is 47.0 Å². The number of likely N-dealkylation sites (N-methyl/N-ethyl adjacent to an activating group) is 2. The minimum absolute atomic E-state index is 0.0830. The zero-order valence-electron chi connectivity index (χ0n) is 49.5. The number of fused-ring (bicyclic) bond motifs is 2. The molecule has 4 aliphatic rings. The van der Waals surface area contributed by atoms with Gasteiger partial charge in [-0.1, -0.05) is 133 Å². The van der Waals surface area contributed by atoms with Crippen LogP contribution in [-0.4, -0.2) is 120 Å². The molecule has 7 N–H and O–H groups in total. The zero-order chi connectivity index (χ0) is 58.8. The third-order valence-corrected chi connectivity index (χ3v) is 16.7. The number of amides is 7. The molecular weight excluding hydrogens is 1020 g/mol. The number of aryl methyl sites for hydroxylation is 3. The summed E-state index contributed by atoms with van der Waals surface area (Å²) in [6.45, 7) is 19.3. The summed E-state index contributed by atoms with van der Waals surface area (Å²) in [6.07, 6.45) is 15.5. The highest BCUT2D eigenvalue weighted by Crippen LogP contribution is 2.34. The Balaban J connectivity index is 1.04. The molecule has 0 spiro atoms. The van der Waals surface area contributed by atoms with Crippen LogP contribution in [0.3, 0.4) is 0 Å². The third-order valence-electron chi connectivity index (χ3n) is 16.7. The van der Waals surface area contributed by atoms with Crippen LogP contribution >= 0.6 is 0 Å². The van der Waals surface area contributed by atoms with Crippen molar-refractivity contribution in [3.05, 3.63) is 142 Å². The van der Waals surface area contributed by atoms with E-state index in [2.05, 4.69) is 74.1 Å². The average molecular weight is 1110 g/mol. The fourth-order valence-corrected chi connectivity index (χ4v) is 11.4. The molecule has 436 valence electrons. The van der Waals surface area contributed by atoms with Gasteiger partial charge in [-0.2, -0.15) is 0 Å². The predicted octanol–water partition coefficient (Wildman–Crippen LogP) is 6.62. The number of benzene rings is 3. The molecule has 0 unspecified atom stereocenters. The van der Waals surface area contributed by atoms with E-state index >= 15 is 0 Å². The van der Waals surface area contributed by atoms with Crippen molar-refractivity contribution in [2.75, 3.05) is 20.6 Å². The van der Waals surface area contributed by atoms with E-state index in [1.54, 1.807) is 45.0 Å². The number of hydrogen-bond acceptors (Lipinski definition) is 9. The molecule has 0 bridgehead atoms. The number of nitrogens with zero attached hydrogens (tertiary/aromatic N) is 2. The molecule has 9 atom stereocenters. The number of allylic oxidation sites excluding steroid dienone is 4. The van der Waals surface area contributed by atoms with Crippen molar-refractivity contribution < 1.29 is 33.6 Å². The maximum Gasteiger partial charge on any atom is 0.251 e. The van der Waals surface area contributed by atoms with Gasteiger partial charge in [0, 0.05) is 37.2 Å². The summed E-state index contributed by atoms with van der Waals surface area (Å²) in [7, 11) is 3.37. The monoisotopic (exact) mass is 1110 g/mol. The molecule has 1 saturated heterocycles. The summed E-state index contributed by atoms with van der Waals surface area (Å²) >= 11 is 0. The SMILES string of the molecule is C=C1/C=C\C=C/C[C@H](NC(=O)[C@@H]2C[C@H](NC(=O)c3ccc(CCc4ccc5c(c4)CN(C(=O)[C@@H](NC(=O)[C@H](C)NC)C(C)(C)C)[C@H](C(=O)N[C@@H]4CCCc6ccccc64)C5)cc3)CN2C(=O)[C@@H](NC(=O)[C@H](C)NC)C(C)(C)C)CCC1. The molecule has 3 aromatic carbocycles. The van der Waals surface area contributed by atoms with Gasteiger partial charge in [-0.25, -0.2) is 0 Å². The summed E-state index contributed by atoms with van der Waals surface area (Å²) in [5, 5.41) is 21.5. The molecule has 0 saturated carbocycles. The molecule has 16 nitrogen and oxygen atoms in total. The molecule has 16 heteroatoms. The van der Waals surface area contributed by atoms with Gasteiger partial charge in [0.2, 0.25) is 35.4 Å².